The molecule has 0 saturated carbocycles. The Hall–Kier alpha value is -1.61. The molecule has 0 aliphatic heterocycles. The van der Waals surface area contributed by atoms with E-state index in [4.69, 9.17) is 0 Å². The lowest BCUT2D eigenvalue weighted by molar-refractivity contribution is 0.363. The molecule has 0 aliphatic rings. The number of nitrogens with one attached hydrogen (secondary N) is 1. The SMILES string of the molecule is Cc1cccc(C(Nc2ccccc2)P(=O)(O)O)c1. The normalized spacial score (nSPS) is 13.0. The van der Waals surface area contributed by atoms with E-state index in [-0.39, 0.29) is 0 Å². The summed E-state index contributed by atoms with van der Waals surface area (Å²) < 4.78 is 11.7. The first-order valence-corrected chi connectivity index (χ1v) is 7.58. The third-order valence-corrected chi connectivity index (χ3v) is 3.87. The van der Waals surface area contributed by atoms with Crippen molar-refractivity contribution in [3.05, 3.63) is 65.7 Å². The Bertz CT molecular complexity index is 595. The smallest absolute Gasteiger partial charge is 0.352 e. The molecule has 0 aliphatic carbocycles. The summed E-state index contributed by atoms with van der Waals surface area (Å²) >= 11 is 0. The van der Waals surface area contributed by atoms with Gasteiger partial charge in [-0.2, -0.15) is 0 Å². The van der Waals surface area contributed by atoms with Crippen LogP contribution in [0.5, 0.6) is 0 Å². The van der Waals surface area contributed by atoms with Crippen molar-refractivity contribution in [3.8, 4) is 0 Å². The van der Waals surface area contributed by atoms with Gasteiger partial charge in [-0.15, -0.1) is 0 Å². The first-order valence-electron chi connectivity index (χ1n) is 5.90. The minimum Gasteiger partial charge on any atom is -0.368 e. The average molecular weight is 277 g/mol. The van der Waals surface area contributed by atoms with Gasteiger partial charge in [-0.25, -0.2) is 0 Å². The summed E-state index contributed by atoms with van der Waals surface area (Å²) in [6, 6.07) is 16.2. The van der Waals surface area contributed by atoms with Gasteiger partial charge >= 0.3 is 7.60 Å². The zero-order valence-corrected chi connectivity index (χ0v) is 11.4. The Balaban J connectivity index is 2.35. The van der Waals surface area contributed by atoms with Crippen LogP contribution in [0.1, 0.15) is 16.9 Å². The molecule has 2 rings (SSSR count). The number of benzene rings is 2. The molecular weight excluding hydrogens is 261 g/mol. The van der Waals surface area contributed by atoms with Crippen molar-refractivity contribution in [2.45, 2.75) is 12.7 Å². The van der Waals surface area contributed by atoms with Crippen LogP contribution in [0.3, 0.4) is 0 Å². The molecule has 0 bridgehead atoms. The van der Waals surface area contributed by atoms with Crippen molar-refractivity contribution >= 4 is 13.3 Å². The van der Waals surface area contributed by atoms with Gasteiger partial charge in [-0.05, 0) is 24.6 Å². The highest BCUT2D eigenvalue weighted by molar-refractivity contribution is 7.52. The topological polar surface area (TPSA) is 69.6 Å². The quantitative estimate of drug-likeness (QED) is 0.750. The Kier molecular flexibility index (Phi) is 4.05. The van der Waals surface area contributed by atoms with Gasteiger partial charge in [0.1, 0.15) is 0 Å². The molecule has 0 fully saturated rings. The third kappa shape index (κ3) is 3.67. The second-order valence-electron chi connectivity index (χ2n) is 4.42. The molecule has 0 heterocycles. The van der Waals surface area contributed by atoms with Crippen LogP contribution < -0.4 is 5.32 Å². The van der Waals surface area contributed by atoms with Crippen LogP contribution in [0.4, 0.5) is 5.69 Å². The molecule has 0 radical (unpaired) electrons. The van der Waals surface area contributed by atoms with E-state index in [1.165, 1.54) is 0 Å². The molecule has 4 nitrogen and oxygen atoms in total. The highest BCUT2D eigenvalue weighted by Crippen LogP contribution is 2.51. The van der Waals surface area contributed by atoms with E-state index < -0.39 is 13.4 Å². The van der Waals surface area contributed by atoms with E-state index in [2.05, 4.69) is 5.32 Å². The fourth-order valence-corrected chi connectivity index (χ4v) is 2.76. The Morgan fingerprint density at radius 2 is 1.74 bits per heavy atom. The van der Waals surface area contributed by atoms with Crippen LogP contribution in [0.15, 0.2) is 54.6 Å². The fraction of sp³-hybridized carbons (Fsp3) is 0.143. The van der Waals surface area contributed by atoms with Gasteiger partial charge in [0.15, 0.2) is 5.78 Å². The van der Waals surface area contributed by atoms with Crippen LogP contribution in [-0.4, -0.2) is 9.79 Å². The lowest BCUT2D eigenvalue weighted by atomic mass is 10.1. The van der Waals surface area contributed by atoms with Gasteiger partial charge < -0.3 is 15.1 Å². The maximum atomic E-state index is 11.7. The minimum atomic E-state index is -4.29. The summed E-state index contributed by atoms with van der Waals surface area (Å²) in [7, 11) is -4.29. The highest BCUT2D eigenvalue weighted by atomic mass is 31.2. The summed E-state index contributed by atoms with van der Waals surface area (Å²) in [5.74, 6) is -1.03. The van der Waals surface area contributed by atoms with Crippen LogP contribution in [0.2, 0.25) is 0 Å². The Labute approximate surface area is 112 Å². The third-order valence-electron chi connectivity index (χ3n) is 2.77. The molecule has 0 amide bonds. The monoisotopic (exact) mass is 277 g/mol. The molecule has 19 heavy (non-hydrogen) atoms. The molecule has 2 aromatic rings. The van der Waals surface area contributed by atoms with Gasteiger partial charge in [0.25, 0.3) is 0 Å². The molecule has 2 aromatic carbocycles. The summed E-state index contributed by atoms with van der Waals surface area (Å²) in [5.41, 5.74) is 2.22. The molecule has 0 saturated heterocycles. The largest absolute Gasteiger partial charge is 0.368 e. The number of hydrogen-bond donors (Lipinski definition) is 3. The lowest BCUT2D eigenvalue weighted by Crippen LogP contribution is -2.11. The predicted molar refractivity (Wildman–Crippen MR) is 76.0 cm³/mol. The van der Waals surface area contributed by atoms with Gasteiger partial charge in [0.2, 0.25) is 0 Å². The minimum absolute atomic E-state index is 0.581. The highest BCUT2D eigenvalue weighted by Gasteiger charge is 2.30. The second kappa shape index (κ2) is 5.57. The summed E-state index contributed by atoms with van der Waals surface area (Å²) in [6.45, 7) is 1.89. The number of anilines is 1. The van der Waals surface area contributed by atoms with Gasteiger partial charge in [0.05, 0.1) is 0 Å². The van der Waals surface area contributed by atoms with Gasteiger partial charge in [0, 0.05) is 5.69 Å². The zero-order chi connectivity index (χ0) is 13.9. The second-order valence-corrected chi connectivity index (χ2v) is 6.11. The number of para-hydroxylation sites is 1. The zero-order valence-electron chi connectivity index (χ0n) is 10.5. The Morgan fingerprint density at radius 3 is 2.32 bits per heavy atom. The first kappa shape index (κ1) is 13.8. The van der Waals surface area contributed by atoms with Crippen molar-refractivity contribution in [3.63, 3.8) is 0 Å². The Morgan fingerprint density at radius 1 is 1.05 bits per heavy atom. The van der Waals surface area contributed by atoms with Crippen molar-refractivity contribution in [1.82, 2.24) is 0 Å². The molecule has 3 N–H and O–H groups in total. The molecule has 1 atom stereocenters. The van der Waals surface area contributed by atoms with E-state index >= 15 is 0 Å². The van der Waals surface area contributed by atoms with E-state index in [9.17, 15) is 14.4 Å². The van der Waals surface area contributed by atoms with Crippen molar-refractivity contribution < 1.29 is 14.4 Å². The van der Waals surface area contributed by atoms with E-state index in [1.54, 1.807) is 30.3 Å². The number of aryl methyl sites for hydroxylation is 1. The van der Waals surface area contributed by atoms with Crippen LogP contribution in [0.25, 0.3) is 0 Å². The van der Waals surface area contributed by atoms with Crippen LogP contribution >= 0.6 is 7.60 Å². The fourth-order valence-electron chi connectivity index (χ4n) is 1.89. The van der Waals surface area contributed by atoms with Crippen molar-refractivity contribution in [1.29, 1.82) is 0 Å². The van der Waals surface area contributed by atoms with Gasteiger partial charge in [-0.3, -0.25) is 4.57 Å². The number of rotatable bonds is 4. The van der Waals surface area contributed by atoms with Crippen LogP contribution in [0, 0.1) is 6.92 Å². The van der Waals surface area contributed by atoms with Crippen molar-refractivity contribution in [2.75, 3.05) is 5.32 Å². The maximum Gasteiger partial charge on any atom is 0.352 e. The molecule has 0 aromatic heterocycles. The van der Waals surface area contributed by atoms with E-state index in [0.29, 0.717) is 11.3 Å². The summed E-state index contributed by atoms with van der Waals surface area (Å²) in [4.78, 5) is 19.1. The summed E-state index contributed by atoms with van der Waals surface area (Å²) in [6.07, 6.45) is 0. The molecule has 0 spiro atoms. The first-order chi connectivity index (χ1) is 8.97. The van der Waals surface area contributed by atoms with E-state index in [0.717, 1.165) is 5.56 Å². The maximum absolute atomic E-state index is 11.7. The lowest BCUT2D eigenvalue weighted by Gasteiger charge is -2.21. The van der Waals surface area contributed by atoms with Crippen molar-refractivity contribution in [2.24, 2.45) is 0 Å². The average Bonchev–Trinajstić information content (AvgIpc) is 2.36. The number of hydrogen-bond acceptors (Lipinski definition) is 2. The summed E-state index contributed by atoms with van der Waals surface area (Å²) in [5, 5.41) is 2.90. The standard InChI is InChI=1S/C14H16NO3P/c1-11-6-5-7-12(10-11)14(19(16,17)18)15-13-8-3-2-4-9-13/h2-10,14-15H,1H3,(H2,16,17,18). The molecule has 1 unspecified atom stereocenters. The predicted octanol–water partition coefficient (Wildman–Crippen LogP) is 3.28. The van der Waals surface area contributed by atoms with Gasteiger partial charge in [-0.1, -0.05) is 48.0 Å². The van der Waals surface area contributed by atoms with Crippen LogP contribution in [-0.2, 0) is 4.57 Å². The molecular formula is C14H16NO3P. The molecule has 100 valence electrons. The van der Waals surface area contributed by atoms with E-state index in [1.807, 2.05) is 31.2 Å². The molecule has 5 heteroatoms.